The number of anilines is 1. The van der Waals surface area contributed by atoms with Crippen LogP contribution in [0.3, 0.4) is 0 Å². The fourth-order valence-electron chi connectivity index (χ4n) is 3.39. The second-order valence-corrected chi connectivity index (χ2v) is 7.80. The largest absolute Gasteiger partial charge is 0.378 e. The van der Waals surface area contributed by atoms with Gasteiger partial charge in [-0.2, -0.15) is 0 Å². The Hall–Kier alpha value is -1.86. The SMILES string of the molecule is CCNC(=NCc1ccc(N2CCOC(C)C2)nc1)NCCC(OCC)C(C)C. The molecule has 2 atom stereocenters. The molecule has 1 aliphatic rings. The zero-order valence-corrected chi connectivity index (χ0v) is 18.8. The van der Waals surface area contributed by atoms with E-state index < -0.39 is 0 Å². The molecule has 164 valence electrons. The highest BCUT2D eigenvalue weighted by Crippen LogP contribution is 2.15. The summed E-state index contributed by atoms with van der Waals surface area (Å²) in [5.74, 6) is 2.35. The van der Waals surface area contributed by atoms with Crippen molar-refractivity contribution in [2.45, 2.75) is 59.8 Å². The summed E-state index contributed by atoms with van der Waals surface area (Å²) in [4.78, 5) is 11.6. The van der Waals surface area contributed by atoms with Crippen molar-refractivity contribution in [2.75, 3.05) is 44.3 Å². The molecular weight excluding hydrogens is 366 g/mol. The normalized spacial score (nSPS) is 18.8. The molecule has 1 aromatic heterocycles. The first-order chi connectivity index (χ1) is 14.0. The summed E-state index contributed by atoms with van der Waals surface area (Å²) in [6, 6.07) is 4.19. The first-order valence-corrected chi connectivity index (χ1v) is 11.0. The molecule has 1 aliphatic heterocycles. The Kier molecular flexibility index (Phi) is 10.2. The van der Waals surface area contributed by atoms with Crippen LogP contribution in [0.25, 0.3) is 0 Å². The van der Waals surface area contributed by atoms with Crippen LogP contribution < -0.4 is 15.5 Å². The van der Waals surface area contributed by atoms with Crippen LogP contribution in [0.5, 0.6) is 0 Å². The Morgan fingerprint density at radius 2 is 2.17 bits per heavy atom. The zero-order chi connectivity index (χ0) is 21.1. The second kappa shape index (κ2) is 12.6. The van der Waals surface area contributed by atoms with E-state index in [9.17, 15) is 0 Å². The van der Waals surface area contributed by atoms with Crippen molar-refractivity contribution < 1.29 is 9.47 Å². The van der Waals surface area contributed by atoms with Crippen molar-refractivity contribution in [2.24, 2.45) is 10.9 Å². The van der Waals surface area contributed by atoms with E-state index >= 15 is 0 Å². The van der Waals surface area contributed by atoms with Crippen LogP contribution in [0, 0.1) is 5.92 Å². The van der Waals surface area contributed by atoms with Crippen LogP contribution in [0.4, 0.5) is 5.82 Å². The van der Waals surface area contributed by atoms with Gasteiger partial charge < -0.3 is 25.0 Å². The maximum atomic E-state index is 5.82. The second-order valence-electron chi connectivity index (χ2n) is 7.80. The summed E-state index contributed by atoms with van der Waals surface area (Å²) in [6.45, 7) is 16.2. The van der Waals surface area contributed by atoms with Crippen molar-refractivity contribution in [3.63, 3.8) is 0 Å². The minimum absolute atomic E-state index is 0.251. The van der Waals surface area contributed by atoms with E-state index in [1.807, 2.05) is 13.1 Å². The van der Waals surface area contributed by atoms with Crippen LogP contribution in [0.1, 0.15) is 46.6 Å². The van der Waals surface area contributed by atoms with Gasteiger partial charge in [0.1, 0.15) is 5.82 Å². The van der Waals surface area contributed by atoms with Gasteiger partial charge in [-0.05, 0) is 44.7 Å². The highest BCUT2D eigenvalue weighted by molar-refractivity contribution is 5.79. The molecule has 0 aliphatic carbocycles. The molecule has 7 nitrogen and oxygen atoms in total. The van der Waals surface area contributed by atoms with Gasteiger partial charge in [-0.25, -0.2) is 9.98 Å². The molecule has 2 N–H and O–H groups in total. The zero-order valence-electron chi connectivity index (χ0n) is 18.8. The Morgan fingerprint density at radius 1 is 1.34 bits per heavy atom. The van der Waals surface area contributed by atoms with Gasteiger partial charge in [0.05, 0.1) is 25.4 Å². The minimum atomic E-state index is 0.251. The smallest absolute Gasteiger partial charge is 0.191 e. The highest BCUT2D eigenvalue weighted by Gasteiger charge is 2.17. The van der Waals surface area contributed by atoms with Gasteiger partial charge in [-0.15, -0.1) is 0 Å². The number of morpholine rings is 1. The van der Waals surface area contributed by atoms with Gasteiger partial charge in [-0.1, -0.05) is 19.9 Å². The van der Waals surface area contributed by atoms with Crippen molar-refractivity contribution in [3.05, 3.63) is 23.9 Å². The van der Waals surface area contributed by atoms with Crippen molar-refractivity contribution in [1.29, 1.82) is 0 Å². The van der Waals surface area contributed by atoms with Crippen LogP contribution >= 0.6 is 0 Å². The molecule has 0 radical (unpaired) electrons. The number of guanidine groups is 1. The Balaban J connectivity index is 1.87. The molecular formula is C22H39N5O2. The average molecular weight is 406 g/mol. The van der Waals surface area contributed by atoms with Gasteiger partial charge in [0.15, 0.2) is 5.96 Å². The van der Waals surface area contributed by atoms with Crippen molar-refractivity contribution in [1.82, 2.24) is 15.6 Å². The Morgan fingerprint density at radius 3 is 2.79 bits per heavy atom. The molecule has 0 amide bonds. The van der Waals surface area contributed by atoms with Crippen LogP contribution in [-0.2, 0) is 16.0 Å². The van der Waals surface area contributed by atoms with E-state index in [2.05, 4.69) is 60.3 Å². The number of hydrogen-bond acceptors (Lipinski definition) is 5. The molecule has 1 saturated heterocycles. The van der Waals surface area contributed by atoms with Crippen LogP contribution in [0.15, 0.2) is 23.3 Å². The number of nitrogens with zero attached hydrogens (tertiary/aromatic N) is 3. The molecule has 7 heteroatoms. The molecule has 0 aromatic carbocycles. The lowest BCUT2D eigenvalue weighted by atomic mass is 10.0. The highest BCUT2D eigenvalue weighted by atomic mass is 16.5. The van der Waals surface area contributed by atoms with Crippen LogP contribution in [0.2, 0.25) is 0 Å². The van der Waals surface area contributed by atoms with Gasteiger partial charge in [-0.3, -0.25) is 0 Å². The Labute approximate surface area is 176 Å². The van der Waals surface area contributed by atoms with Crippen LogP contribution in [-0.4, -0.2) is 62.5 Å². The molecule has 29 heavy (non-hydrogen) atoms. The fourth-order valence-corrected chi connectivity index (χ4v) is 3.39. The fraction of sp³-hybridized carbons (Fsp3) is 0.727. The summed E-state index contributed by atoms with van der Waals surface area (Å²) in [6.07, 6.45) is 3.41. The van der Waals surface area contributed by atoms with E-state index in [4.69, 9.17) is 14.5 Å². The van der Waals surface area contributed by atoms with Crippen molar-refractivity contribution >= 4 is 11.8 Å². The maximum Gasteiger partial charge on any atom is 0.191 e. The molecule has 0 bridgehead atoms. The molecule has 2 unspecified atom stereocenters. The summed E-state index contributed by atoms with van der Waals surface area (Å²) in [5, 5.41) is 6.73. The third kappa shape index (κ3) is 8.19. The third-order valence-electron chi connectivity index (χ3n) is 4.98. The van der Waals surface area contributed by atoms with Gasteiger partial charge in [0, 0.05) is 39.0 Å². The van der Waals surface area contributed by atoms with Gasteiger partial charge in [0.25, 0.3) is 0 Å². The number of nitrogens with one attached hydrogen (secondary N) is 2. The summed E-state index contributed by atoms with van der Waals surface area (Å²) >= 11 is 0. The molecule has 2 heterocycles. The summed E-state index contributed by atoms with van der Waals surface area (Å²) in [5.41, 5.74) is 1.10. The monoisotopic (exact) mass is 405 g/mol. The number of aliphatic imine (C=N–C) groups is 1. The van der Waals surface area contributed by atoms with E-state index in [0.717, 1.165) is 63.2 Å². The standard InChI is InChI=1S/C22H39N5O2/c1-6-23-22(24-11-10-20(17(3)4)28-7-2)26-15-19-8-9-21(25-14-19)27-12-13-29-18(5)16-27/h8-9,14,17-18,20H,6-7,10-13,15-16H2,1-5H3,(H2,23,24,26). The summed E-state index contributed by atoms with van der Waals surface area (Å²) in [7, 11) is 0. The molecule has 0 saturated carbocycles. The van der Waals surface area contributed by atoms with E-state index in [-0.39, 0.29) is 12.2 Å². The molecule has 0 spiro atoms. The number of hydrogen-bond donors (Lipinski definition) is 2. The minimum Gasteiger partial charge on any atom is -0.378 e. The third-order valence-corrected chi connectivity index (χ3v) is 4.98. The lowest BCUT2D eigenvalue weighted by molar-refractivity contribution is 0.0258. The number of pyridine rings is 1. The number of aromatic nitrogens is 1. The predicted molar refractivity (Wildman–Crippen MR) is 120 cm³/mol. The first-order valence-electron chi connectivity index (χ1n) is 11.0. The molecule has 2 rings (SSSR count). The molecule has 1 aromatic rings. The maximum absolute atomic E-state index is 5.82. The van der Waals surface area contributed by atoms with Gasteiger partial charge >= 0.3 is 0 Å². The lowest BCUT2D eigenvalue weighted by Crippen LogP contribution is -2.41. The van der Waals surface area contributed by atoms with E-state index in [0.29, 0.717) is 12.5 Å². The van der Waals surface area contributed by atoms with E-state index in [1.54, 1.807) is 0 Å². The Bertz CT molecular complexity index is 606. The van der Waals surface area contributed by atoms with Gasteiger partial charge in [0.2, 0.25) is 0 Å². The molecule has 1 fully saturated rings. The topological polar surface area (TPSA) is 71.0 Å². The quantitative estimate of drug-likeness (QED) is 0.461. The average Bonchev–Trinajstić information content (AvgIpc) is 2.71. The number of ether oxygens (including phenoxy) is 2. The first kappa shape index (κ1) is 23.4. The lowest BCUT2D eigenvalue weighted by Gasteiger charge is -2.32. The summed E-state index contributed by atoms with van der Waals surface area (Å²) < 4.78 is 11.4. The van der Waals surface area contributed by atoms with Crippen molar-refractivity contribution in [3.8, 4) is 0 Å². The van der Waals surface area contributed by atoms with E-state index in [1.165, 1.54) is 0 Å². The number of rotatable bonds is 10. The predicted octanol–water partition coefficient (Wildman–Crippen LogP) is 2.81.